The molecule has 0 unspecified atom stereocenters. The van der Waals surface area contributed by atoms with Crippen LogP contribution in [0, 0.1) is 12.8 Å². The van der Waals surface area contributed by atoms with Crippen molar-refractivity contribution in [3.63, 3.8) is 0 Å². The molecule has 0 spiro atoms. The van der Waals surface area contributed by atoms with Gasteiger partial charge >= 0.3 is 5.63 Å². The molecule has 0 atom stereocenters. The van der Waals surface area contributed by atoms with E-state index in [-0.39, 0.29) is 5.63 Å². The SMILES string of the molecule is Cc1ccc2c(CN(CC3CCCCC3)C3CC3)cc(=O)oc2c1. The minimum Gasteiger partial charge on any atom is -0.423 e. The number of hydrogen-bond donors (Lipinski definition) is 0. The fourth-order valence-electron chi connectivity index (χ4n) is 4.17. The van der Waals surface area contributed by atoms with Gasteiger partial charge in [-0.25, -0.2) is 4.79 Å². The standard InChI is InChI=1S/C21H27NO2/c1-15-7-10-19-17(12-21(23)24-20(19)11-15)14-22(18-8-9-18)13-16-5-3-2-4-6-16/h7,10-12,16,18H,2-6,8-9,13-14H2,1H3. The fraction of sp³-hybridized carbons (Fsp3) is 0.571. The highest BCUT2D eigenvalue weighted by Gasteiger charge is 2.31. The maximum absolute atomic E-state index is 12.0. The maximum atomic E-state index is 12.0. The van der Waals surface area contributed by atoms with Crippen LogP contribution in [0.3, 0.4) is 0 Å². The highest BCUT2D eigenvalue weighted by molar-refractivity contribution is 5.80. The van der Waals surface area contributed by atoms with Gasteiger partial charge in [-0.2, -0.15) is 0 Å². The van der Waals surface area contributed by atoms with Crippen LogP contribution in [0.4, 0.5) is 0 Å². The number of fused-ring (bicyclic) bond motifs is 1. The summed E-state index contributed by atoms with van der Waals surface area (Å²) in [4.78, 5) is 14.6. The normalized spacial score (nSPS) is 19.2. The molecular weight excluding hydrogens is 298 g/mol. The number of benzene rings is 1. The zero-order chi connectivity index (χ0) is 16.5. The Morgan fingerprint density at radius 1 is 1.08 bits per heavy atom. The lowest BCUT2D eigenvalue weighted by Gasteiger charge is -2.30. The van der Waals surface area contributed by atoms with Gasteiger partial charge in [0.25, 0.3) is 0 Å². The van der Waals surface area contributed by atoms with Crippen molar-refractivity contribution in [3.05, 3.63) is 45.8 Å². The number of hydrogen-bond acceptors (Lipinski definition) is 3. The Hall–Kier alpha value is -1.61. The third-order valence-corrected chi connectivity index (χ3v) is 5.64. The predicted octanol–water partition coefficient (Wildman–Crippen LogP) is 4.65. The first kappa shape index (κ1) is 15.9. The molecule has 0 bridgehead atoms. The van der Waals surface area contributed by atoms with E-state index < -0.39 is 0 Å². The average molecular weight is 325 g/mol. The summed E-state index contributed by atoms with van der Waals surface area (Å²) in [6.07, 6.45) is 9.56. The van der Waals surface area contributed by atoms with E-state index in [1.54, 1.807) is 6.07 Å². The monoisotopic (exact) mass is 325 g/mol. The highest BCUT2D eigenvalue weighted by atomic mass is 16.4. The highest BCUT2D eigenvalue weighted by Crippen LogP contribution is 2.33. The van der Waals surface area contributed by atoms with E-state index in [2.05, 4.69) is 17.0 Å². The molecule has 24 heavy (non-hydrogen) atoms. The van der Waals surface area contributed by atoms with E-state index >= 15 is 0 Å². The van der Waals surface area contributed by atoms with Gasteiger partial charge in [-0.1, -0.05) is 31.4 Å². The van der Waals surface area contributed by atoms with Gasteiger partial charge in [0.05, 0.1) is 0 Å². The van der Waals surface area contributed by atoms with Crippen LogP contribution >= 0.6 is 0 Å². The van der Waals surface area contributed by atoms with E-state index in [1.807, 2.05) is 13.0 Å². The number of nitrogens with zero attached hydrogens (tertiary/aromatic N) is 1. The molecule has 0 aliphatic heterocycles. The van der Waals surface area contributed by atoms with Gasteiger partial charge in [0, 0.05) is 30.6 Å². The van der Waals surface area contributed by atoms with E-state index in [9.17, 15) is 4.79 Å². The minimum atomic E-state index is -0.225. The quantitative estimate of drug-likeness (QED) is 0.751. The Labute approximate surface area is 143 Å². The molecule has 1 heterocycles. The first-order valence-corrected chi connectivity index (χ1v) is 9.46. The molecule has 3 nitrogen and oxygen atoms in total. The lowest BCUT2D eigenvalue weighted by atomic mass is 9.89. The van der Waals surface area contributed by atoms with Crippen LogP contribution in [-0.2, 0) is 6.54 Å². The van der Waals surface area contributed by atoms with Crippen molar-refractivity contribution < 1.29 is 4.42 Å². The molecule has 3 heteroatoms. The summed E-state index contributed by atoms with van der Waals surface area (Å²) >= 11 is 0. The van der Waals surface area contributed by atoms with Crippen LogP contribution in [0.25, 0.3) is 11.0 Å². The second-order valence-electron chi connectivity index (χ2n) is 7.75. The summed E-state index contributed by atoms with van der Waals surface area (Å²) in [6.45, 7) is 4.11. The van der Waals surface area contributed by atoms with Crippen molar-refractivity contribution in [2.75, 3.05) is 6.54 Å². The molecule has 128 valence electrons. The molecule has 2 fully saturated rings. The van der Waals surface area contributed by atoms with Gasteiger partial charge in [0.1, 0.15) is 5.58 Å². The maximum Gasteiger partial charge on any atom is 0.336 e. The van der Waals surface area contributed by atoms with Crippen molar-refractivity contribution in [1.29, 1.82) is 0 Å². The van der Waals surface area contributed by atoms with Crippen LogP contribution in [-0.4, -0.2) is 17.5 Å². The Bertz CT molecular complexity index is 769. The van der Waals surface area contributed by atoms with Crippen LogP contribution in [0.15, 0.2) is 33.5 Å². The first-order chi connectivity index (χ1) is 11.7. The minimum absolute atomic E-state index is 0.225. The Balaban J connectivity index is 1.59. The van der Waals surface area contributed by atoms with Crippen molar-refractivity contribution >= 4 is 11.0 Å². The zero-order valence-electron chi connectivity index (χ0n) is 14.6. The smallest absolute Gasteiger partial charge is 0.336 e. The number of rotatable bonds is 5. The van der Waals surface area contributed by atoms with Crippen LogP contribution in [0.2, 0.25) is 0 Å². The third kappa shape index (κ3) is 3.56. The van der Waals surface area contributed by atoms with Crippen LogP contribution < -0.4 is 5.63 Å². The molecule has 2 aliphatic carbocycles. The van der Waals surface area contributed by atoms with Gasteiger partial charge in [0.2, 0.25) is 0 Å². The lowest BCUT2D eigenvalue weighted by molar-refractivity contribution is 0.186. The van der Waals surface area contributed by atoms with Crippen molar-refractivity contribution in [2.45, 2.75) is 64.5 Å². The molecule has 2 saturated carbocycles. The Kier molecular flexibility index (Phi) is 4.45. The second kappa shape index (κ2) is 6.72. The summed E-state index contributed by atoms with van der Waals surface area (Å²) in [6, 6.07) is 8.61. The predicted molar refractivity (Wildman–Crippen MR) is 97.2 cm³/mol. The fourth-order valence-corrected chi connectivity index (χ4v) is 4.17. The average Bonchev–Trinajstić information content (AvgIpc) is 3.39. The van der Waals surface area contributed by atoms with Crippen LogP contribution in [0.5, 0.6) is 0 Å². The van der Waals surface area contributed by atoms with Crippen LogP contribution in [0.1, 0.15) is 56.1 Å². The summed E-state index contributed by atoms with van der Waals surface area (Å²) in [7, 11) is 0. The van der Waals surface area contributed by atoms with E-state index in [4.69, 9.17) is 4.42 Å². The molecule has 0 N–H and O–H groups in total. The summed E-state index contributed by atoms with van der Waals surface area (Å²) in [5, 5.41) is 1.09. The molecule has 0 saturated heterocycles. The van der Waals surface area contributed by atoms with E-state index in [0.29, 0.717) is 0 Å². The van der Waals surface area contributed by atoms with Crippen molar-refractivity contribution in [1.82, 2.24) is 4.90 Å². The van der Waals surface area contributed by atoms with Gasteiger partial charge in [-0.3, -0.25) is 4.90 Å². The molecule has 1 aromatic carbocycles. The first-order valence-electron chi connectivity index (χ1n) is 9.46. The summed E-state index contributed by atoms with van der Waals surface area (Å²) in [5.74, 6) is 0.841. The molecule has 0 radical (unpaired) electrons. The molecular formula is C21H27NO2. The van der Waals surface area contributed by atoms with Crippen molar-refractivity contribution in [2.24, 2.45) is 5.92 Å². The molecule has 2 aliphatic rings. The molecule has 0 amide bonds. The third-order valence-electron chi connectivity index (χ3n) is 5.64. The van der Waals surface area contributed by atoms with Gasteiger partial charge in [0.15, 0.2) is 0 Å². The number of aryl methyl sites for hydroxylation is 1. The zero-order valence-corrected chi connectivity index (χ0v) is 14.6. The van der Waals surface area contributed by atoms with Gasteiger partial charge in [-0.15, -0.1) is 0 Å². The van der Waals surface area contributed by atoms with Gasteiger partial charge < -0.3 is 4.42 Å². The Morgan fingerprint density at radius 3 is 2.62 bits per heavy atom. The summed E-state index contributed by atoms with van der Waals surface area (Å²) in [5.41, 5.74) is 2.76. The molecule has 4 rings (SSSR count). The molecule has 2 aromatic rings. The van der Waals surface area contributed by atoms with E-state index in [0.717, 1.165) is 40.6 Å². The molecule has 1 aromatic heterocycles. The summed E-state index contributed by atoms with van der Waals surface area (Å²) < 4.78 is 5.42. The van der Waals surface area contributed by atoms with Crippen molar-refractivity contribution in [3.8, 4) is 0 Å². The Morgan fingerprint density at radius 2 is 1.88 bits per heavy atom. The second-order valence-corrected chi connectivity index (χ2v) is 7.75. The lowest BCUT2D eigenvalue weighted by Crippen LogP contribution is -2.32. The topological polar surface area (TPSA) is 33.5 Å². The van der Waals surface area contributed by atoms with Gasteiger partial charge in [-0.05, 0) is 55.7 Å². The largest absolute Gasteiger partial charge is 0.423 e. The van der Waals surface area contributed by atoms with E-state index in [1.165, 1.54) is 51.5 Å².